The summed E-state index contributed by atoms with van der Waals surface area (Å²) in [4.78, 5) is 18.8. The zero-order valence-corrected chi connectivity index (χ0v) is 8.79. The van der Waals surface area contributed by atoms with E-state index in [9.17, 15) is 4.79 Å². The van der Waals surface area contributed by atoms with Crippen molar-refractivity contribution in [2.45, 2.75) is 31.8 Å². The number of carbonyl (C=O) groups is 1. The minimum Gasteiger partial charge on any atom is -0.347 e. The molecule has 1 saturated heterocycles. The maximum absolute atomic E-state index is 11.7. The lowest BCUT2D eigenvalue weighted by molar-refractivity contribution is -0.123. The van der Waals surface area contributed by atoms with Gasteiger partial charge < -0.3 is 15.6 Å². The van der Waals surface area contributed by atoms with E-state index in [1.54, 1.807) is 12.4 Å². The third kappa shape index (κ3) is 2.36. The van der Waals surface area contributed by atoms with E-state index in [0.717, 1.165) is 25.2 Å². The molecule has 2 heterocycles. The molecule has 0 spiro atoms. The molecule has 82 valence electrons. The number of rotatable bonds is 3. The van der Waals surface area contributed by atoms with Crippen LogP contribution in [0.25, 0.3) is 0 Å². The highest BCUT2D eigenvalue weighted by molar-refractivity contribution is 5.82. The van der Waals surface area contributed by atoms with E-state index in [0.29, 0.717) is 0 Å². The van der Waals surface area contributed by atoms with Gasteiger partial charge in [-0.15, -0.1) is 0 Å². The second-order valence-corrected chi connectivity index (χ2v) is 3.85. The van der Waals surface area contributed by atoms with Crippen molar-refractivity contribution in [3.05, 3.63) is 18.2 Å². The van der Waals surface area contributed by atoms with E-state index in [4.69, 9.17) is 0 Å². The minimum absolute atomic E-state index is 0.0255. The van der Waals surface area contributed by atoms with Crippen LogP contribution in [0.3, 0.4) is 0 Å². The number of carbonyl (C=O) groups excluding carboxylic acids is 1. The molecule has 2 unspecified atom stereocenters. The molecular weight excluding hydrogens is 192 g/mol. The van der Waals surface area contributed by atoms with E-state index in [-0.39, 0.29) is 18.0 Å². The van der Waals surface area contributed by atoms with Crippen molar-refractivity contribution in [3.63, 3.8) is 0 Å². The van der Waals surface area contributed by atoms with Gasteiger partial charge in [-0.1, -0.05) is 0 Å². The number of H-pyrrole nitrogens is 1. The van der Waals surface area contributed by atoms with Gasteiger partial charge in [0.15, 0.2) is 0 Å². The monoisotopic (exact) mass is 208 g/mol. The largest absolute Gasteiger partial charge is 0.347 e. The molecule has 1 amide bonds. The van der Waals surface area contributed by atoms with Crippen LogP contribution >= 0.6 is 0 Å². The summed E-state index contributed by atoms with van der Waals surface area (Å²) in [5, 5.41) is 6.09. The smallest absolute Gasteiger partial charge is 0.237 e. The van der Waals surface area contributed by atoms with Crippen LogP contribution in [0.4, 0.5) is 0 Å². The van der Waals surface area contributed by atoms with Gasteiger partial charge in [0.25, 0.3) is 0 Å². The number of amides is 1. The maximum atomic E-state index is 11.7. The van der Waals surface area contributed by atoms with E-state index in [1.165, 1.54) is 0 Å². The molecular formula is C10H16N4O. The molecule has 1 aromatic heterocycles. The van der Waals surface area contributed by atoms with Gasteiger partial charge in [0.05, 0.1) is 12.1 Å². The topological polar surface area (TPSA) is 69.8 Å². The fourth-order valence-corrected chi connectivity index (χ4v) is 1.80. The first kappa shape index (κ1) is 10.2. The molecule has 2 atom stereocenters. The predicted molar refractivity (Wildman–Crippen MR) is 56.2 cm³/mol. The SMILES string of the molecule is CC(NC(=O)C1CCCN1)c1ncc[nH]1. The summed E-state index contributed by atoms with van der Waals surface area (Å²) < 4.78 is 0. The van der Waals surface area contributed by atoms with Crippen LogP contribution in [0, 0.1) is 0 Å². The highest BCUT2D eigenvalue weighted by Gasteiger charge is 2.23. The molecule has 1 fully saturated rings. The van der Waals surface area contributed by atoms with Gasteiger partial charge in [0.2, 0.25) is 5.91 Å². The highest BCUT2D eigenvalue weighted by Crippen LogP contribution is 2.09. The number of aromatic amines is 1. The summed E-state index contributed by atoms with van der Waals surface area (Å²) in [6, 6.07) is -0.0858. The first-order valence-electron chi connectivity index (χ1n) is 5.30. The Bertz CT molecular complexity index is 316. The molecule has 0 radical (unpaired) electrons. The van der Waals surface area contributed by atoms with Crippen LogP contribution < -0.4 is 10.6 Å². The molecule has 1 aliphatic rings. The molecule has 5 nitrogen and oxygen atoms in total. The minimum atomic E-state index is -0.0603. The summed E-state index contributed by atoms with van der Waals surface area (Å²) in [5.74, 6) is 0.859. The lowest BCUT2D eigenvalue weighted by Gasteiger charge is -2.15. The van der Waals surface area contributed by atoms with Crippen LogP contribution in [0.15, 0.2) is 12.4 Å². The molecule has 0 bridgehead atoms. The Labute approximate surface area is 88.7 Å². The summed E-state index contributed by atoms with van der Waals surface area (Å²) in [7, 11) is 0. The highest BCUT2D eigenvalue weighted by atomic mass is 16.2. The number of hydrogen-bond donors (Lipinski definition) is 3. The summed E-state index contributed by atoms with van der Waals surface area (Å²) in [6.07, 6.45) is 5.45. The number of imidazole rings is 1. The quantitative estimate of drug-likeness (QED) is 0.671. The van der Waals surface area contributed by atoms with Gasteiger partial charge in [0, 0.05) is 12.4 Å². The Morgan fingerprint density at radius 1 is 1.73 bits per heavy atom. The molecule has 0 aromatic carbocycles. The second kappa shape index (κ2) is 4.44. The lowest BCUT2D eigenvalue weighted by Crippen LogP contribution is -2.41. The predicted octanol–water partition coefficient (Wildman–Crippen LogP) is 0.339. The average Bonchev–Trinajstić information content (AvgIpc) is 2.91. The van der Waals surface area contributed by atoms with Gasteiger partial charge in [-0.3, -0.25) is 4.79 Å². The van der Waals surface area contributed by atoms with Crippen LogP contribution in [-0.2, 0) is 4.79 Å². The normalized spacial score (nSPS) is 22.6. The Morgan fingerprint density at radius 3 is 3.20 bits per heavy atom. The van der Waals surface area contributed by atoms with Crippen molar-refractivity contribution in [1.82, 2.24) is 20.6 Å². The van der Waals surface area contributed by atoms with Crippen molar-refractivity contribution < 1.29 is 4.79 Å². The fourth-order valence-electron chi connectivity index (χ4n) is 1.80. The van der Waals surface area contributed by atoms with Gasteiger partial charge in [-0.2, -0.15) is 0 Å². The molecule has 0 aliphatic carbocycles. The van der Waals surface area contributed by atoms with Crippen molar-refractivity contribution >= 4 is 5.91 Å². The van der Waals surface area contributed by atoms with E-state index >= 15 is 0 Å². The Balaban J connectivity index is 1.88. The molecule has 1 aromatic rings. The van der Waals surface area contributed by atoms with Crippen LogP contribution in [0.5, 0.6) is 0 Å². The second-order valence-electron chi connectivity index (χ2n) is 3.85. The van der Waals surface area contributed by atoms with Crippen molar-refractivity contribution in [2.75, 3.05) is 6.54 Å². The number of nitrogens with one attached hydrogen (secondary N) is 3. The van der Waals surface area contributed by atoms with Crippen molar-refractivity contribution in [1.29, 1.82) is 0 Å². The first-order chi connectivity index (χ1) is 7.27. The first-order valence-corrected chi connectivity index (χ1v) is 5.30. The molecule has 0 saturated carbocycles. The van der Waals surface area contributed by atoms with E-state index < -0.39 is 0 Å². The summed E-state index contributed by atoms with van der Waals surface area (Å²) >= 11 is 0. The molecule has 1 aliphatic heterocycles. The van der Waals surface area contributed by atoms with Gasteiger partial charge in [0.1, 0.15) is 5.82 Å². The Kier molecular flexibility index (Phi) is 3.01. The van der Waals surface area contributed by atoms with E-state index in [1.807, 2.05) is 6.92 Å². The van der Waals surface area contributed by atoms with Crippen molar-refractivity contribution in [2.24, 2.45) is 0 Å². The zero-order valence-electron chi connectivity index (χ0n) is 8.79. The average molecular weight is 208 g/mol. The van der Waals surface area contributed by atoms with Crippen LogP contribution in [0.1, 0.15) is 31.6 Å². The number of hydrogen-bond acceptors (Lipinski definition) is 3. The van der Waals surface area contributed by atoms with Gasteiger partial charge in [-0.05, 0) is 26.3 Å². The molecule has 15 heavy (non-hydrogen) atoms. The standard InChI is InChI=1S/C10H16N4O/c1-7(9-12-5-6-13-9)14-10(15)8-3-2-4-11-8/h5-8,11H,2-4H2,1H3,(H,12,13)(H,14,15). The van der Waals surface area contributed by atoms with Gasteiger partial charge >= 0.3 is 0 Å². The molecule has 3 N–H and O–H groups in total. The number of nitrogens with zero attached hydrogens (tertiary/aromatic N) is 1. The third-order valence-electron chi connectivity index (χ3n) is 2.67. The summed E-state index contributed by atoms with van der Waals surface area (Å²) in [6.45, 7) is 2.86. The van der Waals surface area contributed by atoms with Gasteiger partial charge in [-0.25, -0.2) is 4.98 Å². The zero-order chi connectivity index (χ0) is 10.7. The van der Waals surface area contributed by atoms with Crippen LogP contribution in [-0.4, -0.2) is 28.5 Å². The third-order valence-corrected chi connectivity index (χ3v) is 2.67. The van der Waals surface area contributed by atoms with Crippen molar-refractivity contribution in [3.8, 4) is 0 Å². The van der Waals surface area contributed by atoms with Crippen LogP contribution in [0.2, 0.25) is 0 Å². The fraction of sp³-hybridized carbons (Fsp3) is 0.600. The van der Waals surface area contributed by atoms with E-state index in [2.05, 4.69) is 20.6 Å². The Hall–Kier alpha value is -1.36. The Morgan fingerprint density at radius 2 is 2.60 bits per heavy atom. The molecule has 5 heteroatoms. The maximum Gasteiger partial charge on any atom is 0.237 e. The summed E-state index contributed by atoms with van der Waals surface area (Å²) in [5.41, 5.74) is 0. The number of aromatic nitrogens is 2. The molecule has 2 rings (SSSR count). The lowest BCUT2D eigenvalue weighted by atomic mass is 10.2.